The molecule has 4 heteroatoms. The van der Waals surface area contributed by atoms with Crippen molar-refractivity contribution in [2.75, 3.05) is 0 Å². The first-order valence-corrected chi connectivity index (χ1v) is 11.3. The first-order chi connectivity index (χ1) is 16.7. The van der Waals surface area contributed by atoms with E-state index in [1.54, 1.807) is 6.07 Å². The Morgan fingerprint density at radius 1 is 0.471 bits per heavy atom. The Kier molecular flexibility index (Phi) is 5.03. The second-order valence-corrected chi connectivity index (χ2v) is 8.50. The van der Waals surface area contributed by atoms with Crippen molar-refractivity contribution in [1.29, 1.82) is 0 Å². The lowest BCUT2D eigenvalue weighted by Gasteiger charge is -2.14. The van der Waals surface area contributed by atoms with Crippen LogP contribution in [0.15, 0.2) is 121 Å². The van der Waals surface area contributed by atoms with Crippen LogP contribution in [-0.4, -0.2) is 21.7 Å². The Hall–Kier alpha value is -4.12. The highest BCUT2D eigenvalue weighted by Crippen LogP contribution is 2.35. The van der Waals surface area contributed by atoms with Gasteiger partial charge in [0.25, 0.3) is 0 Å². The molecule has 0 fully saturated rings. The zero-order chi connectivity index (χ0) is 23.1. The Bertz CT molecular complexity index is 1560. The van der Waals surface area contributed by atoms with Crippen molar-refractivity contribution < 1.29 is 10.0 Å². The van der Waals surface area contributed by atoms with Crippen LogP contribution in [0.25, 0.3) is 49.7 Å². The third-order valence-corrected chi connectivity index (χ3v) is 6.39. The van der Waals surface area contributed by atoms with Crippen LogP contribution < -0.4 is 5.46 Å². The van der Waals surface area contributed by atoms with E-state index < -0.39 is 7.12 Å². The monoisotopic (exact) mass is 439 g/mol. The average Bonchev–Trinajstić information content (AvgIpc) is 3.23. The molecule has 6 rings (SSSR count). The van der Waals surface area contributed by atoms with Gasteiger partial charge in [-0.1, -0.05) is 91.0 Å². The van der Waals surface area contributed by atoms with Crippen molar-refractivity contribution in [3.63, 3.8) is 0 Å². The minimum absolute atomic E-state index is 0.471. The first kappa shape index (κ1) is 20.5. The second kappa shape index (κ2) is 8.34. The number of hydrogen-bond acceptors (Lipinski definition) is 2. The molecule has 34 heavy (non-hydrogen) atoms. The summed E-state index contributed by atoms with van der Waals surface area (Å²) >= 11 is 0. The number of rotatable bonds is 4. The maximum Gasteiger partial charge on any atom is 0.488 e. The molecule has 0 aliphatic rings. The van der Waals surface area contributed by atoms with Crippen LogP contribution in [0.5, 0.6) is 0 Å². The lowest BCUT2D eigenvalue weighted by atomic mass is 9.80. The van der Waals surface area contributed by atoms with Gasteiger partial charge in [-0.2, -0.15) is 0 Å². The van der Waals surface area contributed by atoms with Gasteiger partial charge >= 0.3 is 7.12 Å². The van der Waals surface area contributed by atoms with Gasteiger partial charge in [0.1, 0.15) is 0 Å². The number of fused-ring (bicyclic) bond motifs is 3. The zero-order valence-corrected chi connectivity index (χ0v) is 18.5. The molecule has 0 bridgehead atoms. The Balaban J connectivity index is 1.69. The fourth-order valence-corrected chi connectivity index (χ4v) is 4.76. The highest BCUT2D eigenvalue weighted by Gasteiger charge is 2.17. The topological polar surface area (TPSA) is 45.4 Å². The van der Waals surface area contributed by atoms with Gasteiger partial charge in [-0.25, -0.2) is 0 Å². The van der Waals surface area contributed by atoms with E-state index in [0.717, 1.165) is 49.7 Å². The molecule has 0 radical (unpaired) electrons. The third-order valence-electron chi connectivity index (χ3n) is 6.39. The van der Waals surface area contributed by atoms with E-state index in [-0.39, 0.29) is 0 Å². The standard InChI is InChI=1S/C30H22BNO2/c33-31(34)25-15-16-28-27-13-7-8-14-29(27)32(30(28)20-25)26-18-23(21-9-3-1-4-10-21)17-24(19-26)22-11-5-2-6-12-22/h1-20,33-34H. The summed E-state index contributed by atoms with van der Waals surface area (Å²) in [4.78, 5) is 0. The molecular formula is C30H22BNO2. The molecule has 0 unspecified atom stereocenters. The number of aromatic nitrogens is 1. The Labute approximate surface area is 198 Å². The molecule has 0 saturated heterocycles. The van der Waals surface area contributed by atoms with Gasteiger partial charge in [0.15, 0.2) is 0 Å². The van der Waals surface area contributed by atoms with Crippen molar-refractivity contribution in [1.82, 2.24) is 4.57 Å². The summed E-state index contributed by atoms with van der Waals surface area (Å²) in [6.45, 7) is 0. The fourth-order valence-electron chi connectivity index (χ4n) is 4.76. The van der Waals surface area contributed by atoms with Crippen LogP contribution in [0, 0.1) is 0 Å². The van der Waals surface area contributed by atoms with Gasteiger partial charge in [-0.15, -0.1) is 0 Å². The normalized spacial score (nSPS) is 11.2. The predicted molar refractivity (Wildman–Crippen MR) is 141 cm³/mol. The Morgan fingerprint density at radius 2 is 1.03 bits per heavy atom. The number of nitrogens with zero attached hydrogens (tertiary/aromatic N) is 1. The van der Waals surface area contributed by atoms with Gasteiger partial charge in [-0.3, -0.25) is 0 Å². The molecular weight excluding hydrogens is 417 g/mol. The van der Waals surface area contributed by atoms with Crippen LogP contribution >= 0.6 is 0 Å². The molecule has 1 heterocycles. The van der Waals surface area contributed by atoms with Crippen LogP contribution in [-0.2, 0) is 0 Å². The van der Waals surface area contributed by atoms with Crippen LogP contribution in [0.3, 0.4) is 0 Å². The van der Waals surface area contributed by atoms with E-state index in [2.05, 4.69) is 83.4 Å². The number of benzene rings is 5. The van der Waals surface area contributed by atoms with Crippen molar-refractivity contribution in [3.05, 3.63) is 121 Å². The van der Waals surface area contributed by atoms with Crippen molar-refractivity contribution >= 4 is 34.4 Å². The number of para-hydroxylation sites is 1. The van der Waals surface area contributed by atoms with E-state index in [4.69, 9.17) is 0 Å². The first-order valence-electron chi connectivity index (χ1n) is 11.3. The zero-order valence-electron chi connectivity index (χ0n) is 18.5. The van der Waals surface area contributed by atoms with Gasteiger partial charge in [0.2, 0.25) is 0 Å². The fraction of sp³-hybridized carbons (Fsp3) is 0. The summed E-state index contributed by atoms with van der Waals surface area (Å²) in [5.41, 5.74) is 8.06. The smallest absolute Gasteiger partial charge is 0.423 e. The molecule has 0 aliphatic carbocycles. The molecule has 162 valence electrons. The highest BCUT2D eigenvalue weighted by atomic mass is 16.4. The predicted octanol–water partition coefficient (Wildman–Crippen LogP) is 5.80. The van der Waals surface area contributed by atoms with Crippen LogP contribution in [0.2, 0.25) is 0 Å². The van der Waals surface area contributed by atoms with E-state index in [1.807, 2.05) is 36.4 Å². The molecule has 3 nitrogen and oxygen atoms in total. The number of hydrogen-bond donors (Lipinski definition) is 2. The highest BCUT2D eigenvalue weighted by molar-refractivity contribution is 6.59. The largest absolute Gasteiger partial charge is 0.488 e. The van der Waals surface area contributed by atoms with Crippen molar-refractivity contribution in [2.24, 2.45) is 0 Å². The third kappa shape index (κ3) is 3.50. The van der Waals surface area contributed by atoms with Crippen molar-refractivity contribution in [2.45, 2.75) is 0 Å². The summed E-state index contributed by atoms with van der Waals surface area (Å²) in [5.74, 6) is 0. The summed E-state index contributed by atoms with van der Waals surface area (Å²) in [6.07, 6.45) is 0. The summed E-state index contributed by atoms with van der Waals surface area (Å²) in [5, 5.41) is 21.9. The summed E-state index contributed by atoms with van der Waals surface area (Å²) in [6, 6.07) is 41.3. The minimum atomic E-state index is -1.52. The average molecular weight is 439 g/mol. The van der Waals surface area contributed by atoms with E-state index in [1.165, 1.54) is 0 Å². The molecule has 2 N–H and O–H groups in total. The molecule has 5 aromatic carbocycles. The van der Waals surface area contributed by atoms with E-state index in [9.17, 15) is 10.0 Å². The summed E-state index contributed by atoms with van der Waals surface area (Å²) < 4.78 is 2.22. The molecule has 6 aromatic rings. The van der Waals surface area contributed by atoms with Crippen LogP contribution in [0.4, 0.5) is 0 Å². The SMILES string of the molecule is OB(O)c1ccc2c3ccccc3n(-c3cc(-c4ccccc4)cc(-c4ccccc4)c3)c2c1. The maximum atomic E-state index is 9.85. The molecule has 0 atom stereocenters. The maximum absolute atomic E-state index is 9.85. The van der Waals surface area contributed by atoms with E-state index >= 15 is 0 Å². The van der Waals surface area contributed by atoms with Crippen molar-refractivity contribution in [3.8, 4) is 27.9 Å². The minimum Gasteiger partial charge on any atom is -0.423 e. The van der Waals surface area contributed by atoms with Gasteiger partial charge in [0.05, 0.1) is 11.0 Å². The van der Waals surface area contributed by atoms with Gasteiger partial charge in [-0.05, 0) is 58.0 Å². The van der Waals surface area contributed by atoms with Crippen LogP contribution in [0.1, 0.15) is 0 Å². The van der Waals surface area contributed by atoms with Gasteiger partial charge < -0.3 is 14.6 Å². The molecule has 1 aromatic heterocycles. The van der Waals surface area contributed by atoms with E-state index in [0.29, 0.717) is 5.46 Å². The van der Waals surface area contributed by atoms with Gasteiger partial charge in [0, 0.05) is 16.5 Å². The molecule has 0 spiro atoms. The quantitative estimate of drug-likeness (QED) is 0.341. The molecule has 0 saturated carbocycles. The molecule has 0 aliphatic heterocycles. The Morgan fingerprint density at radius 3 is 1.65 bits per heavy atom. The lowest BCUT2D eigenvalue weighted by Crippen LogP contribution is -2.29. The summed E-state index contributed by atoms with van der Waals surface area (Å²) in [7, 11) is -1.52. The second-order valence-electron chi connectivity index (χ2n) is 8.50. The molecule has 0 amide bonds. The lowest BCUT2D eigenvalue weighted by molar-refractivity contribution is 0.426.